The summed E-state index contributed by atoms with van der Waals surface area (Å²) in [6.07, 6.45) is 2.14. The first-order valence-corrected chi connectivity index (χ1v) is 11.0. The molecule has 6 unspecified atom stereocenters. The van der Waals surface area contributed by atoms with E-state index in [0.29, 0.717) is 26.3 Å². The number of hydrogen-bond donors (Lipinski definition) is 0. The highest BCUT2D eigenvalue weighted by atomic mass is 16.7. The highest BCUT2D eigenvalue weighted by molar-refractivity contribution is 5.87. The van der Waals surface area contributed by atoms with Gasteiger partial charge in [0.05, 0.1) is 19.8 Å². The van der Waals surface area contributed by atoms with E-state index in [4.69, 9.17) is 23.7 Å². The van der Waals surface area contributed by atoms with Crippen molar-refractivity contribution in [3.8, 4) is 0 Å². The van der Waals surface area contributed by atoms with Gasteiger partial charge in [0.2, 0.25) is 0 Å². The van der Waals surface area contributed by atoms with Crippen LogP contribution in [0.2, 0.25) is 0 Å². The van der Waals surface area contributed by atoms with Crippen molar-refractivity contribution in [3.05, 3.63) is 0 Å². The molecule has 0 aromatic heterocycles. The first-order valence-electron chi connectivity index (χ1n) is 11.0. The zero-order valence-electron chi connectivity index (χ0n) is 17.2. The van der Waals surface area contributed by atoms with Gasteiger partial charge in [-0.1, -0.05) is 6.42 Å². The molecule has 0 amide bonds. The van der Waals surface area contributed by atoms with E-state index in [0.717, 1.165) is 32.1 Å². The van der Waals surface area contributed by atoms with Crippen LogP contribution in [0.3, 0.4) is 0 Å². The lowest BCUT2D eigenvalue weighted by molar-refractivity contribution is -0.175. The Labute approximate surface area is 175 Å². The molecule has 4 heterocycles. The SMILES string of the molecule is CC1(OC(=O)C2C3OC4C(OC(=O)C42)C3OC(=O)CN2CCOCC2)CCCCC1. The number of nitrogens with zero attached hydrogens (tertiary/aromatic N) is 1. The molecular weight excluding hydrogens is 394 g/mol. The quantitative estimate of drug-likeness (QED) is 0.460. The fourth-order valence-electron chi connectivity index (χ4n) is 5.58. The number of morpholine rings is 1. The normalized spacial score (nSPS) is 39.6. The lowest BCUT2D eigenvalue weighted by atomic mass is 9.78. The molecule has 9 nitrogen and oxygen atoms in total. The molecule has 1 aliphatic carbocycles. The summed E-state index contributed by atoms with van der Waals surface area (Å²) in [5.41, 5.74) is -0.512. The third-order valence-corrected chi connectivity index (χ3v) is 7.16. The predicted octanol–water partition coefficient (Wildman–Crippen LogP) is 0.435. The van der Waals surface area contributed by atoms with Crippen molar-refractivity contribution in [1.29, 1.82) is 0 Å². The van der Waals surface area contributed by atoms with Crippen molar-refractivity contribution in [2.24, 2.45) is 11.8 Å². The molecule has 2 bridgehead atoms. The zero-order valence-corrected chi connectivity index (χ0v) is 17.2. The average molecular weight is 423 g/mol. The van der Waals surface area contributed by atoms with Crippen LogP contribution in [-0.2, 0) is 38.1 Å². The van der Waals surface area contributed by atoms with E-state index in [9.17, 15) is 14.4 Å². The number of ether oxygens (including phenoxy) is 5. The number of rotatable bonds is 5. The van der Waals surface area contributed by atoms with E-state index in [2.05, 4.69) is 0 Å². The molecule has 0 N–H and O–H groups in total. The third-order valence-electron chi connectivity index (χ3n) is 7.16. The van der Waals surface area contributed by atoms with Crippen molar-refractivity contribution >= 4 is 17.9 Å². The van der Waals surface area contributed by atoms with Crippen LogP contribution in [0.5, 0.6) is 0 Å². The van der Waals surface area contributed by atoms with Crippen LogP contribution in [0.4, 0.5) is 0 Å². The fraction of sp³-hybridized carbons (Fsp3) is 0.857. The van der Waals surface area contributed by atoms with E-state index in [1.807, 2.05) is 11.8 Å². The van der Waals surface area contributed by atoms with E-state index in [1.54, 1.807) is 0 Å². The first-order chi connectivity index (χ1) is 14.5. The second-order valence-corrected chi connectivity index (χ2v) is 9.29. The highest BCUT2D eigenvalue weighted by Gasteiger charge is 2.72. The summed E-state index contributed by atoms with van der Waals surface area (Å²) in [5, 5.41) is 0. The molecule has 9 heteroatoms. The molecule has 0 radical (unpaired) electrons. The Morgan fingerprint density at radius 1 is 1.10 bits per heavy atom. The predicted molar refractivity (Wildman–Crippen MR) is 100 cm³/mol. The standard InChI is InChI=1S/C21H29NO8/c1-21(5-3-2-4-6-21)30-20(25)14-13-15-18(29-19(13)24)17(16(14)28-15)27-12(23)11-22-7-9-26-10-8-22/h13-18H,2-11H2,1H3. The second kappa shape index (κ2) is 7.76. The number of hydrogen-bond acceptors (Lipinski definition) is 9. The Hall–Kier alpha value is -1.71. The second-order valence-electron chi connectivity index (χ2n) is 9.29. The van der Waals surface area contributed by atoms with Crippen LogP contribution < -0.4 is 0 Å². The summed E-state index contributed by atoms with van der Waals surface area (Å²) < 4.78 is 28.3. The Bertz CT molecular complexity index is 714. The van der Waals surface area contributed by atoms with Gasteiger partial charge < -0.3 is 23.7 Å². The van der Waals surface area contributed by atoms with Gasteiger partial charge in [0.15, 0.2) is 12.2 Å². The Balaban J connectivity index is 1.27. The summed E-state index contributed by atoms with van der Waals surface area (Å²) in [7, 11) is 0. The molecule has 5 rings (SSSR count). The molecule has 0 aromatic rings. The summed E-state index contributed by atoms with van der Waals surface area (Å²) >= 11 is 0. The number of carbonyl (C=O) groups excluding carboxylic acids is 3. The third kappa shape index (κ3) is 3.50. The van der Waals surface area contributed by atoms with Crippen molar-refractivity contribution in [2.45, 2.75) is 69.0 Å². The molecule has 166 valence electrons. The van der Waals surface area contributed by atoms with Gasteiger partial charge in [0.25, 0.3) is 0 Å². The lowest BCUT2D eigenvalue weighted by Gasteiger charge is -2.36. The summed E-state index contributed by atoms with van der Waals surface area (Å²) in [5.74, 6) is -2.78. The average Bonchev–Trinajstić information content (AvgIpc) is 3.33. The van der Waals surface area contributed by atoms with Gasteiger partial charge in [0.1, 0.15) is 29.6 Å². The van der Waals surface area contributed by atoms with E-state index in [-0.39, 0.29) is 6.54 Å². The van der Waals surface area contributed by atoms with Crippen molar-refractivity contribution < 1.29 is 38.1 Å². The van der Waals surface area contributed by atoms with E-state index < -0.39 is 59.8 Å². The van der Waals surface area contributed by atoms with Crippen LogP contribution in [-0.4, -0.2) is 85.7 Å². The molecule has 5 aliphatic rings. The maximum atomic E-state index is 13.1. The van der Waals surface area contributed by atoms with E-state index >= 15 is 0 Å². The van der Waals surface area contributed by atoms with Crippen LogP contribution >= 0.6 is 0 Å². The minimum Gasteiger partial charge on any atom is -0.459 e. The van der Waals surface area contributed by atoms with Crippen molar-refractivity contribution in [3.63, 3.8) is 0 Å². The summed E-state index contributed by atoms with van der Waals surface area (Å²) in [6, 6.07) is 0. The fourth-order valence-corrected chi connectivity index (χ4v) is 5.58. The van der Waals surface area contributed by atoms with Crippen LogP contribution in [0.1, 0.15) is 39.0 Å². The van der Waals surface area contributed by atoms with Crippen molar-refractivity contribution in [1.82, 2.24) is 4.90 Å². The lowest BCUT2D eigenvalue weighted by Crippen LogP contribution is -2.50. The number of esters is 3. The Morgan fingerprint density at radius 3 is 2.57 bits per heavy atom. The molecular formula is C21H29NO8. The topological polar surface area (TPSA) is 101 Å². The van der Waals surface area contributed by atoms with Gasteiger partial charge in [-0.25, -0.2) is 0 Å². The maximum Gasteiger partial charge on any atom is 0.320 e. The first kappa shape index (κ1) is 20.2. The largest absolute Gasteiger partial charge is 0.459 e. The van der Waals surface area contributed by atoms with Crippen LogP contribution in [0.25, 0.3) is 0 Å². The number of fused-ring (bicyclic) bond motifs is 1. The smallest absolute Gasteiger partial charge is 0.320 e. The van der Waals surface area contributed by atoms with Gasteiger partial charge in [-0.2, -0.15) is 0 Å². The van der Waals surface area contributed by atoms with Crippen LogP contribution in [0.15, 0.2) is 0 Å². The molecule has 5 fully saturated rings. The zero-order chi connectivity index (χ0) is 20.9. The molecule has 0 aromatic carbocycles. The van der Waals surface area contributed by atoms with Gasteiger partial charge in [-0.3, -0.25) is 19.3 Å². The van der Waals surface area contributed by atoms with Gasteiger partial charge >= 0.3 is 17.9 Å². The number of carbonyl (C=O) groups is 3. The highest BCUT2D eigenvalue weighted by Crippen LogP contribution is 2.52. The maximum absolute atomic E-state index is 13.1. The summed E-state index contributed by atoms with van der Waals surface area (Å²) in [4.78, 5) is 40.1. The molecule has 1 saturated carbocycles. The summed E-state index contributed by atoms with van der Waals surface area (Å²) in [6.45, 7) is 4.58. The van der Waals surface area contributed by atoms with Gasteiger partial charge in [0, 0.05) is 13.1 Å². The monoisotopic (exact) mass is 423 g/mol. The van der Waals surface area contributed by atoms with E-state index in [1.165, 1.54) is 0 Å². The molecule has 4 saturated heterocycles. The molecule has 6 atom stereocenters. The van der Waals surface area contributed by atoms with Gasteiger partial charge in [-0.15, -0.1) is 0 Å². The minimum atomic E-state index is -0.791. The van der Waals surface area contributed by atoms with Crippen molar-refractivity contribution in [2.75, 3.05) is 32.8 Å². The molecule has 0 spiro atoms. The Morgan fingerprint density at radius 2 is 1.83 bits per heavy atom. The Kier molecular flexibility index (Phi) is 5.23. The van der Waals surface area contributed by atoms with Gasteiger partial charge in [-0.05, 0) is 32.6 Å². The molecule has 30 heavy (non-hydrogen) atoms. The minimum absolute atomic E-state index is 0.133. The van der Waals surface area contributed by atoms with Crippen LogP contribution in [0, 0.1) is 11.8 Å². The molecule has 4 aliphatic heterocycles.